The molecule has 2 rings (SSSR count). The standard InChI is InChI=1S/C15H14ClN3O/c1-20-15-5-3-12(18)7-11(15)9-19-14-4-2-10(8-17)6-13(14)16/h2-7,19H,9,18H2,1H3. The Bertz CT molecular complexity index is 665. The molecule has 102 valence electrons. The monoisotopic (exact) mass is 287 g/mol. The van der Waals surface area contributed by atoms with Crippen LogP contribution < -0.4 is 15.8 Å². The van der Waals surface area contributed by atoms with Crippen LogP contribution in [0.5, 0.6) is 5.75 Å². The fourth-order valence-electron chi connectivity index (χ4n) is 1.86. The van der Waals surface area contributed by atoms with E-state index in [0.29, 0.717) is 22.8 Å². The van der Waals surface area contributed by atoms with Gasteiger partial charge in [0.05, 0.1) is 29.5 Å². The van der Waals surface area contributed by atoms with Crippen molar-refractivity contribution in [1.82, 2.24) is 0 Å². The van der Waals surface area contributed by atoms with Crippen molar-refractivity contribution in [2.75, 3.05) is 18.2 Å². The molecular weight excluding hydrogens is 274 g/mol. The normalized spacial score (nSPS) is 9.85. The van der Waals surface area contributed by atoms with Crippen molar-refractivity contribution in [3.05, 3.63) is 52.5 Å². The van der Waals surface area contributed by atoms with Crippen molar-refractivity contribution in [1.29, 1.82) is 5.26 Å². The molecule has 20 heavy (non-hydrogen) atoms. The Labute approximate surface area is 122 Å². The highest BCUT2D eigenvalue weighted by Gasteiger charge is 2.06. The molecule has 0 aromatic heterocycles. The summed E-state index contributed by atoms with van der Waals surface area (Å²) in [5, 5.41) is 12.5. The van der Waals surface area contributed by atoms with Crippen molar-refractivity contribution in [3.63, 3.8) is 0 Å². The van der Waals surface area contributed by atoms with Crippen LogP contribution in [0.25, 0.3) is 0 Å². The molecule has 0 aliphatic rings. The predicted molar refractivity (Wildman–Crippen MR) is 80.9 cm³/mol. The fourth-order valence-corrected chi connectivity index (χ4v) is 2.10. The molecule has 0 amide bonds. The van der Waals surface area contributed by atoms with Gasteiger partial charge < -0.3 is 15.8 Å². The number of nitrogens with two attached hydrogens (primary N) is 1. The molecule has 0 aliphatic heterocycles. The molecule has 3 N–H and O–H groups in total. The van der Waals surface area contributed by atoms with Crippen LogP contribution in [0.2, 0.25) is 5.02 Å². The third-order valence-electron chi connectivity index (χ3n) is 2.87. The van der Waals surface area contributed by atoms with Crippen molar-refractivity contribution < 1.29 is 4.74 Å². The number of benzene rings is 2. The highest BCUT2D eigenvalue weighted by molar-refractivity contribution is 6.33. The SMILES string of the molecule is COc1ccc(N)cc1CNc1ccc(C#N)cc1Cl. The lowest BCUT2D eigenvalue weighted by Gasteiger charge is -2.12. The summed E-state index contributed by atoms with van der Waals surface area (Å²) in [6, 6.07) is 12.6. The lowest BCUT2D eigenvalue weighted by atomic mass is 10.1. The van der Waals surface area contributed by atoms with Crippen LogP contribution in [0.4, 0.5) is 11.4 Å². The number of halogens is 1. The average Bonchev–Trinajstić information content (AvgIpc) is 2.46. The number of nitrogens with one attached hydrogen (secondary N) is 1. The van der Waals surface area contributed by atoms with Crippen LogP contribution in [0.3, 0.4) is 0 Å². The maximum atomic E-state index is 8.80. The van der Waals surface area contributed by atoms with Gasteiger partial charge in [-0.15, -0.1) is 0 Å². The number of ether oxygens (including phenoxy) is 1. The second-order valence-corrected chi connectivity index (χ2v) is 4.64. The van der Waals surface area contributed by atoms with E-state index in [-0.39, 0.29) is 0 Å². The van der Waals surface area contributed by atoms with E-state index in [1.807, 2.05) is 18.2 Å². The molecule has 0 fully saturated rings. The van der Waals surface area contributed by atoms with Crippen LogP contribution in [0.1, 0.15) is 11.1 Å². The first kappa shape index (κ1) is 14.0. The highest BCUT2D eigenvalue weighted by Crippen LogP contribution is 2.26. The maximum absolute atomic E-state index is 8.80. The van der Waals surface area contributed by atoms with Crippen LogP contribution in [0, 0.1) is 11.3 Å². The Morgan fingerprint density at radius 3 is 2.75 bits per heavy atom. The quantitative estimate of drug-likeness (QED) is 0.845. The van der Waals surface area contributed by atoms with E-state index >= 15 is 0 Å². The molecule has 0 saturated carbocycles. The molecule has 0 aliphatic carbocycles. The third kappa shape index (κ3) is 3.14. The van der Waals surface area contributed by atoms with E-state index in [1.165, 1.54) is 0 Å². The van der Waals surface area contributed by atoms with Crippen LogP contribution in [0.15, 0.2) is 36.4 Å². The fraction of sp³-hybridized carbons (Fsp3) is 0.133. The molecule has 0 bridgehead atoms. The van der Waals surface area contributed by atoms with Gasteiger partial charge in [-0.2, -0.15) is 5.26 Å². The minimum Gasteiger partial charge on any atom is -0.496 e. The summed E-state index contributed by atoms with van der Waals surface area (Å²) in [7, 11) is 1.61. The van der Waals surface area contributed by atoms with Crippen LogP contribution in [-0.2, 0) is 6.54 Å². The van der Waals surface area contributed by atoms with Crippen molar-refractivity contribution in [3.8, 4) is 11.8 Å². The Balaban J connectivity index is 2.17. The molecule has 0 spiro atoms. The summed E-state index contributed by atoms with van der Waals surface area (Å²) >= 11 is 6.11. The molecule has 0 unspecified atom stereocenters. The molecule has 0 atom stereocenters. The summed E-state index contributed by atoms with van der Waals surface area (Å²) in [5.41, 5.74) is 8.68. The molecular formula is C15H14ClN3O. The molecule has 0 saturated heterocycles. The Hall–Kier alpha value is -2.38. The van der Waals surface area contributed by atoms with Gasteiger partial charge in [0.15, 0.2) is 0 Å². The lowest BCUT2D eigenvalue weighted by Crippen LogP contribution is -2.03. The second kappa shape index (κ2) is 6.18. The maximum Gasteiger partial charge on any atom is 0.123 e. The minimum atomic E-state index is 0.506. The largest absolute Gasteiger partial charge is 0.496 e. The first-order chi connectivity index (χ1) is 9.63. The van der Waals surface area contributed by atoms with Crippen LogP contribution in [-0.4, -0.2) is 7.11 Å². The van der Waals surface area contributed by atoms with Crippen molar-refractivity contribution in [2.45, 2.75) is 6.54 Å². The highest BCUT2D eigenvalue weighted by atomic mass is 35.5. The molecule has 0 radical (unpaired) electrons. The molecule has 2 aromatic rings. The topological polar surface area (TPSA) is 71.1 Å². The van der Waals surface area contributed by atoms with E-state index in [4.69, 9.17) is 27.3 Å². The van der Waals surface area contributed by atoms with Gasteiger partial charge in [-0.3, -0.25) is 0 Å². The zero-order valence-corrected chi connectivity index (χ0v) is 11.7. The lowest BCUT2D eigenvalue weighted by molar-refractivity contribution is 0.410. The van der Waals surface area contributed by atoms with Gasteiger partial charge in [-0.05, 0) is 36.4 Å². The Morgan fingerprint density at radius 1 is 1.30 bits per heavy atom. The van der Waals surface area contributed by atoms with E-state index < -0.39 is 0 Å². The van der Waals surface area contributed by atoms with Gasteiger partial charge in [0.2, 0.25) is 0 Å². The summed E-state index contributed by atoms with van der Waals surface area (Å²) in [6.45, 7) is 0.528. The van der Waals surface area contributed by atoms with Gasteiger partial charge in [0.25, 0.3) is 0 Å². The van der Waals surface area contributed by atoms with Gasteiger partial charge in [0.1, 0.15) is 5.75 Å². The summed E-state index contributed by atoms with van der Waals surface area (Å²) in [4.78, 5) is 0. The first-order valence-electron chi connectivity index (χ1n) is 6.00. The van der Waals surface area contributed by atoms with Crippen molar-refractivity contribution >= 4 is 23.0 Å². The number of hydrogen-bond acceptors (Lipinski definition) is 4. The van der Waals surface area contributed by atoms with Gasteiger partial charge >= 0.3 is 0 Å². The zero-order valence-electron chi connectivity index (χ0n) is 11.0. The smallest absolute Gasteiger partial charge is 0.123 e. The van der Waals surface area contributed by atoms with E-state index in [0.717, 1.165) is 17.0 Å². The zero-order chi connectivity index (χ0) is 14.5. The third-order valence-corrected chi connectivity index (χ3v) is 3.18. The number of nitriles is 1. The molecule has 5 heteroatoms. The minimum absolute atomic E-state index is 0.506. The van der Waals surface area contributed by atoms with Gasteiger partial charge in [0, 0.05) is 17.8 Å². The van der Waals surface area contributed by atoms with Gasteiger partial charge in [-0.25, -0.2) is 0 Å². The molecule has 2 aromatic carbocycles. The summed E-state index contributed by atoms with van der Waals surface area (Å²) in [6.07, 6.45) is 0. The van der Waals surface area contributed by atoms with E-state index in [1.54, 1.807) is 31.4 Å². The number of rotatable bonds is 4. The van der Waals surface area contributed by atoms with Crippen molar-refractivity contribution in [2.24, 2.45) is 0 Å². The number of methoxy groups -OCH3 is 1. The van der Waals surface area contributed by atoms with E-state index in [2.05, 4.69) is 5.32 Å². The number of anilines is 2. The summed E-state index contributed by atoms with van der Waals surface area (Å²) in [5.74, 6) is 0.761. The van der Waals surface area contributed by atoms with Crippen LogP contribution >= 0.6 is 11.6 Å². The first-order valence-corrected chi connectivity index (χ1v) is 6.37. The number of hydrogen-bond donors (Lipinski definition) is 2. The average molecular weight is 288 g/mol. The molecule has 4 nitrogen and oxygen atoms in total. The second-order valence-electron chi connectivity index (χ2n) is 4.23. The Kier molecular flexibility index (Phi) is 4.34. The molecule has 0 heterocycles. The summed E-state index contributed by atoms with van der Waals surface area (Å²) < 4.78 is 5.28. The number of nitrogens with zero attached hydrogens (tertiary/aromatic N) is 1. The number of nitrogen functional groups attached to an aromatic ring is 1. The van der Waals surface area contributed by atoms with E-state index in [9.17, 15) is 0 Å². The Morgan fingerprint density at radius 2 is 2.10 bits per heavy atom. The van der Waals surface area contributed by atoms with Gasteiger partial charge in [-0.1, -0.05) is 11.6 Å². The predicted octanol–water partition coefficient (Wildman–Crippen LogP) is 3.41.